The molecule has 0 radical (unpaired) electrons. The zero-order valence-electron chi connectivity index (χ0n) is 20.6. The summed E-state index contributed by atoms with van der Waals surface area (Å²) in [5.41, 5.74) is 3.16. The van der Waals surface area contributed by atoms with Crippen LogP contribution in [0.1, 0.15) is 44.8 Å². The molecule has 2 amide bonds. The van der Waals surface area contributed by atoms with Crippen molar-refractivity contribution in [3.8, 4) is 5.75 Å². The molecule has 3 aliphatic rings. The lowest BCUT2D eigenvalue weighted by Crippen LogP contribution is -2.44. The minimum atomic E-state index is -0.871. The summed E-state index contributed by atoms with van der Waals surface area (Å²) < 4.78 is 5.93. The molecular weight excluding hydrogens is 548 g/mol. The largest absolute Gasteiger partial charge is 0.496 e. The zero-order chi connectivity index (χ0) is 26.7. The topological polar surface area (TPSA) is 84.0 Å². The van der Waals surface area contributed by atoms with Crippen LogP contribution in [-0.4, -0.2) is 41.4 Å². The average molecular weight is 571 g/mol. The predicted octanol–water partition coefficient (Wildman–Crippen LogP) is 5.06. The van der Waals surface area contributed by atoms with Crippen LogP contribution in [0.4, 0.5) is 5.69 Å². The standard InChI is InChI=1S/C30H23BrN2O5/c1-16(34)17-7-10-20(11-8-17)33-29(36)24-25(30(33)37)27(28(35)19-9-12-23(38-2)22(31)15-19)32-14-13-18-5-3-4-6-21(18)26(24)32/h3-15,24-27H,1-2H3/t24-,25-,26-,27+/m1/s1. The maximum absolute atomic E-state index is 14.1. The first-order chi connectivity index (χ1) is 18.3. The van der Waals surface area contributed by atoms with E-state index in [4.69, 9.17) is 4.74 Å². The third kappa shape index (κ3) is 3.55. The minimum Gasteiger partial charge on any atom is -0.496 e. The van der Waals surface area contributed by atoms with Crippen molar-refractivity contribution in [2.75, 3.05) is 12.0 Å². The number of anilines is 1. The Bertz CT molecular complexity index is 1550. The number of carbonyl (C=O) groups is 4. The van der Waals surface area contributed by atoms with Gasteiger partial charge in [0.15, 0.2) is 11.6 Å². The van der Waals surface area contributed by atoms with Crippen LogP contribution in [0.2, 0.25) is 0 Å². The van der Waals surface area contributed by atoms with Gasteiger partial charge in [-0.3, -0.25) is 19.2 Å². The first-order valence-electron chi connectivity index (χ1n) is 12.2. The van der Waals surface area contributed by atoms with Gasteiger partial charge in [-0.1, -0.05) is 24.3 Å². The van der Waals surface area contributed by atoms with Crippen molar-refractivity contribution in [1.82, 2.24) is 4.90 Å². The van der Waals surface area contributed by atoms with E-state index in [1.165, 1.54) is 11.8 Å². The molecule has 0 unspecified atom stereocenters. The number of ketones is 2. The molecule has 6 rings (SSSR count). The molecule has 190 valence electrons. The summed E-state index contributed by atoms with van der Waals surface area (Å²) in [7, 11) is 1.55. The van der Waals surface area contributed by atoms with Gasteiger partial charge >= 0.3 is 0 Å². The third-order valence-electron chi connectivity index (χ3n) is 7.70. The second-order valence-corrected chi connectivity index (χ2v) is 10.5. The van der Waals surface area contributed by atoms with Gasteiger partial charge in [0.25, 0.3) is 0 Å². The molecule has 2 saturated heterocycles. The molecular formula is C30H23BrN2O5. The number of amides is 2. The highest BCUT2D eigenvalue weighted by atomic mass is 79.9. The lowest BCUT2D eigenvalue weighted by molar-refractivity contribution is -0.123. The van der Waals surface area contributed by atoms with Crippen LogP contribution in [-0.2, 0) is 9.59 Å². The SMILES string of the molecule is COc1ccc(C(=O)[C@@H]2[C@@H]3C(=O)N(c4ccc(C(C)=O)cc4)C(=O)[C@H]3[C@H]3c4ccccc4C=CN23)cc1Br. The van der Waals surface area contributed by atoms with Gasteiger partial charge in [-0.15, -0.1) is 0 Å². The summed E-state index contributed by atoms with van der Waals surface area (Å²) in [5, 5.41) is 0. The van der Waals surface area contributed by atoms with Gasteiger partial charge in [0.05, 0.1) is 35.1 Å². The number of rotatable bonds is 5. The molecule has 7 nitrogen and oxygen atoms in total. The highest BCUT2D eigenvalue weighted by molar-refractivity contribution is 9.10. The summed E-state index contributed by atoms with van der Waals surface area (Å²) in [6.07, 6.45) is 3.75. The number of methoxy groups -OCH3 is 1. The Morgan fingerprint density at radius 1 is 0.895 bits per heavy atom. The van der Waals surface area contributed by atoms with E-state index in [2.05, 4.69) is 15.9 Å². The Morgan fingerprint density at radius 2 is 1.58 bits per heavy atom. The van der Waals surface area contributed by atoms with Crippen molar-refractivity contribution < 1.29 is 23.9 Å². The fourth-order valence-corrected chi connectivity index (χ4v) is 6.49. The first kappa shape index (κ1) is 24.3. The van der Waals surface area contributed by atoms with Gasteiger partial charge in [0, 0.05) is 17.3 Å². The van der Waals surface area contributed by atoms with E-state index in [0.29, 0.717) is 27.0 Å². The van der Waals surface area contributed by atoms with Crippen LogP contribution in [0, 0.1) is 11.8 Å². The van der Waals surface area contributed by atoms with E-state index in [-0.39, 0.29) is 17.5 Å². The summed E-state index contributed by atoms with van der Waals surface area (Å²) >= 11 is 3.45. The molecule has 0 spiro atoms. The molecule has 4 atom stereocenters. The number of hydrogen-bond acceptors (Lipinski definition) is 6. The molecule has 0 aliphatic carbocycles. The maximum Gasteiger partial charge on any atom is 0.240 e. The Morgan fingerprint density at radius 3 is 2.26 bits per heavy atom. The van der Waals surface area contributed by atoms with Gasteiger partial charge in [0.1, 0.15) is 11.8 Å². The van der Waals surface area contributed by atoms with Gasteiger partial charge in [-0.25, -0.2) is 4.90 Å². The van der Waals surface area contributed by atoms with Crippen LogP contribution < -0.4 is 9.64 Å². The second-order valence-electron chi connectivity index (χ2n) is 9.66. The smallest absolute Gasteiger partial charge is 0.240 e. The monoisotopic (exact) mass is 570 g/mol. The second kappa shape index (κ2) is 9.06. The van der Waals surface area contributed by atoms with Crippen molar-refractivity contribution in [3.63, 3.8) is 0 Å². The third-order valence-corrected chi connectivity index (χ3v) is 8.32. The van der Waals surface area contributed by atoms with Crippen molar-refractivity contribution in [2.45, 2.75) is 19.0 Å². The molecule has 0 bridgehead atoms. The minimum absolute atomic E-state index is 0.106. The van der Waals surface area contributed by atoms with Gasteiger partial charge < -0.3 is 9.64 Å². The molecule has 3 aromatic rings. The number of Topliss-reactive ketones (excluding diaryl/α,β-unsaturated/α-hetero) is 2. The number of nitrogens with zero attached hydrogens (tertiary/aromatic N) is 2. The fraction of sp³-hybridized carbons (Fsp3) is 0.200. The molecule has 3 heterocycles. The highest BCUT2D eigenvalue weighted by Gasteiger charge is 2.64. The maximum atomic E-state index is 14.1. The molecule has 0 N–H and O–H groups in total. The van der Waals surface area contributed by atoms with Crippen molar-refractivity contribution in [1.29, 1.82) is 0 Å². The quantitative estimate of drug-likeness (QED) is 0.315. The van der Waals surface area contributed by atoms with Crippen LogP contribution >= 0.6 is 15.9 Å². The van der Waals surface area contributed by atoms with E-state index < -0.39 is 29.8 Å². The fourth-order valence-electron chi connectivity index (χ4n) is 5.95. The number of fused-ring (bicyclic) bond motifs is 5. The van der Waals surface area contributed by atoms with Crippen molar-refractivity contribution >= 4 is 51.1 Å². The normalized spacial score (nSPS) is 23.2. The van der Waals surface area contributed by atoms with Crippen LogP contribution in [0.3, 0.4) is 0 Å². The van der Waals surface area contributed by atoms with E-state index in [0.717, 1.165) is 11.1 Å². The van der Waals surface area contributed by atoms with Crippen LogP contribution in [0.5, 0.6) is 5.75 Å². The molecule has 0 saturated carbocycles. The van der Waals surface area contributed by atoms with Gasteiger partial charge in [0.2, 0.25) is 11.8 Å². The Hall–Kier alpha value is -4.04. The number of imide groups is 1. The Balaban J connectivity index is 1.46. The van der Waals surface area contributed by atoms with E-state index in [1.54, 1.807) is 49.6 Å². The van der Waals surface area contributed by atoms with E-state index in [1.807, 2.05) is 41.4 Å². The summed E-state index contributed by atoms with van der Waals surface area (Å²) in [6, 6.07) is 17.9. The summed E-state index contributed by atoms with van der Waals surface area (Å²) in [6.45, 7) is 1.46. The van der Waals surface area contributed by atoms with Crippen LogP contribution in [0.25, 0.3) is 6.08 Å². The van der Waals surface area contributed by atoms with E-state index in [9.17, 15) is 19.2 Å². The predicted molar refractivity (Wildman–Crippen MR) is 145 cm³/mol. The van der Waals surface area contributed by atoms with Crippen LogP contribution in [0.15, 0.2) is 77.4 Å². The highest BCUT2D eigenvalue weighted by Crippen LogP contribution is 2.53. The van der Waals surface area contributed by atoms with Crippen molar-refractivity contribution in [3.05, 3.63) is 99.7 Å². The molecule has 8 heteroatoms. The number of halogens is 1. The first-order valence-corrected chi connectivity index (χ1v) is 13.0. The lowest BCUT2D eigenvalue weighted by Gasteiger charge is -2.35. The lowest BCUT2D eigenvalue weighted by atomic mass is 9.83. The van der Waals surface area contributed by atoms with Gasteiger partial charge in [-0.2, -0.15) is 0 Å². The molecule has 2 fully saturated rings. The molecule has 0 aromatic heterocycles. The Labute approximate surface area is 227 Å². The zero-order valence-corrected chi connectivity index (χ0v) is 22.2. The molecule has 38 heavy (non-hydrogen) atoms. The van der Waals surface area contributed by atoms with E-state index >= 15 is 0 Å². The number of benzene rings is 3. The van der Waals surface area contributed by atoms with Gasteiger partial charge in [-0.05, 0) is 82.5 Å². The number of ether oxygens (including phenoxy) is 1. The average Bonchev–Trinajstić information content (AvgIpc) is 3.40. The Kier molecular flexibility index (Phi) is 5.79. The van der Waals surface area contributed by atoms with Crippen molar-refractivity contribution in [2.24, 2.45) is 11.8 Å². The summed E-state index contributed by atoms with van der Waals surface area (Å²) in [4.78, 5) is 56.8. The number of hydrogen-bond donors (Lipinski definition) is 0. The molecule has 3 aliphatic heterocycles. The number of carbonyl (C=O) groups excluding carboxylic acids is 4. The summed E-state index contributed by atoms with van der Waals surface area (Å²) in [5.74, 6) is -2.14. The molecule has 3 aromatic carbocycles.